The highest BCUT2D eigenvalue weighted by molar-refractivity contribution is 5.80. The van der Waals surface area contributed by atoms with E-state index in [-0.39, 0.29) is 24.9 Å². The predicted molar refractivity (Wildman–Crippen MR) is 124 cm³/mol. The Morgan fingerprint density at radius 3 is 2.11 bits per heavy atom. The van der Waals surface area contributed by atoms with Crippen molar-refractivity contribution in [3.8, 4) is 11.1 Å². The zero-order valence-corrected chi connectivity index (χ0v) is 19.5. The Kier molecular flexibility index (Phi) is 6.78. The minimum absolute atomic E-state index is 0.101. The Morgan fingerprint density at radius 1 is 1.03 bits per heavy atom. The molecule has 186 valence electrons. The highest BCUT2D eigenvalue weighted by Crippen LogP contribution is 2.54. The first-order valence-corrected chi connectivity index (χ1v) is 11.6. The molecule has 7 nitrogen and oxygen atoms in total. The molecular formula is C26H28F2N2O5. The molecule has 1 fully saturated rings. The third-order valence-corrected chi connectivity index (χ3v) is 6.84. The van der Waals surface area contributed by atoms with Gasteiger partial charge in [0, 0.05) is 24.9 Å². The van der Waals surface area contributed by atoms with Crippen molar-refractivity contribution in [3.05, 3.63) is 59.7 Å². The molecule has 2 aromatic rings. The number of aliphatic carboxylic acids is 1. The number of ether oxygens (including phenoxy) is 1. The van der Waals surface area contributed by atoms with Crippen LogP contribution >= 0.6 is 0 Å². The van der Waals surface area contributed by atoms with Crippen molar-refractivity contribution in [1.29, 1.82) is 0 Å². The molecule has 0 spiro atoms. The highest BCUT2D eigenvalue weighted by atomic mass is 19.3. The van der Waals surface area contributed by atoms with Crippen LogP contribution in [0.2, 0.25) is 0 Å². The molecule has 2 aliphatic rings. The normalized spacial score (nSPS) is 20.5. The molecule has 2 aromatic carbocycles. The number of hydrogen-bond donors (Lipinski definition) is 3. The molecule has 3 N–H and O–H groups in total. The summed E-state index contributed by atoms with van der Waals surface area (Å²) in [5, 5.41) is 13.9. The maximum Gasteiger partial charge on any atom is 0.407 e. The van der Waals surface area contributed by atoms with Crippen LogP contribution in [0.5, 0.6) is 0 Å². The van der Waals surface area contributed by atoms with Crippen LogP contribution in [0.15, 0.2) is 48.5 Å². The van der Waals surface area contributed by atoms with Crippen LogP contribution in [0.4, 0.5) is 13.6 Å². The van der Waals surface area contributed by atoms with Gasteiger partial charge < -0.3 is 20.5 Å². The van der Waals surface area contributed by atoms with Gasteiger partial charge >= 0.3 is 12.1 Å². The lowest BCUT2D eigenvalue weighted by Gasteiger charge is -2.22. The SMILES string of the molecule is CC(C)[C@H](CC(=O)NCC1C(C(=O)O)C1(F)F)NC(=O)OCC1c2ccccc2-c2ccccc21. The van der Waals surface area contributed by atoms with Gasteiger partial charge in [0.2, 0.25) is 5.91 Å². The molecule has 2 unspecified atom stereocenters. The largest absolute Gasteiger partial charge is 0.481 e. The lowest BCUT2D eigenvalue weighted by atomic mass is 9.98. The Hall–Kier alpha value is -3.49. The van der Waals surface area contributed by atoms with E-state index in [4.69, 9.17) is 9.84 Å². The highest BCUT2D eigenvalue weighted by Gasteiger charge is 2.72. The fourth-order valence-corrected chi connectivity index (χ4v) is 4.72. The molecule has 3 atom stereocenters. The van der Waals surface area contributed by atoms with Crippen molar-refractivity contribution in [2.24, 2.45) is 17.8 Å². The second-order valence-corrected chi connectivity index (χ2v) is 9.43. The lowest BCUT2D eigenvalue weighted by molar-refractivity contribution is -0.141. The van der Waals surface area contributed by atoms with Crippen LogP contribution in [-0.4, -0.2) is 48.2 Å². The first-order chi connectivity index (χ1) is 16.6. The van der Waals surface area contributed by atoms with Crippen molar-refractivity contribution < 1.29 is 33.0 Å². The predicted octanol–water partition coefficient (Wildman–Crippen LogP) is 4.02. The first-order valence-electron chi connectivity index (χ1n) is 11.6. The second kappa shape index (κ2) is 9.64. The van der Waals surface area contributed by atoms with E-state index in [1.54, 1.807) is 0 Å². The third kappa shape index (κ3) is 4.99. The molecular weight excluding hydrogens is 458 g/mol. The van der Waals surface area contributed by atoms with E-state index in [9.17, 15) is 23.2 Å². The number of carbonyl (C=O) groups excluding carboxylic acids is 2. The molecule has 35 heavy (non-hydrogen) atoms. The van der Waals surface area contributed by atoms with Gasteiger partial charge in [0.15, 0.2) is 0 Å². The summed E-state index contributed by atoms with van der Waals surface area (Å²) in [6.07, 6.45) is -0.809. The second-order valence-electron chi connectivity index (χ2n) is 9.43. The number of nitrogens with one attached hydrogen (secondary N) is 2. The van der Waals surface area contributed by atoms with E-state index < -0.39 is 48.3 Å². The van der Waals surface area contributed by atoms with E-state index in [2.05, 4.69) is 10.6 Å². The average Bonchev–Trinajstić information content (AvgIpc) is 3.23. The van der Waals surface area contributed by atoms with Crippen molar-refractivity contribution in [2.45, 2.75) is 38.2 Å². The monoisotopic (exact) mass is 486 g/mol. The maximum atomic E-state index is 13.5. The molecule has 0 aromatic heterocycles. The zero-order valence-electron chi connectivity index (χ0n) is 19.5. The van der Waals surface area contributed by atoms with E-state index in [1.807, 2.05) is 62.4 Å². The quantitative estimate of drug-likeness (QED) is 0.497. The summed E-state index contributed by atoms with van der Waals surface area (Å²) >= 11 is 0. The Bertz CT molecular complexity index is 1090. The summed E-state index contributed by atoms with van der Waals surface area (Å²) in [6, 6.07) is 15.4. The molecule has 1 saturated carbocycles. The number of carboxylic acids is 1. The summed E-state index contributed by atoms with van der Waals surface area (Å²) in [5.41, 5.74) is 4.39. The number of benzene rings is 2. The number of carboxylic acid groups (broad SMARTS) is 1. The van der Waals surface area contributed by atoms with E-state index >= 15 is 0 Å². The van der Waals surface area contributed by atoms with Gasteiger partial charge in [0.1, 0.15) is 12.5 Å². The van der Waals surface area contributed by atoms with Crippen LogP contribution in [0.1, 0.15) is 37.3 Å². The minimum Gasteiger partial charge on any atom is -0.481 e. The van der Waals surface area contributed by atoms with Crippen LogP contribution in [-0.2, 0) is 14.3 Å². The van der Waals surface area contributed by atoms with Crippen LogP contribution < -0.4 is 10.6 Å². The van der Waals surface area contributed by atoms with Crippen molar-refractivity contribution >= 4 is 18.0 Å². The fraction of sp³-hybridized carbons (Fsp3) is 0.423. The molecule has 2 amide bonds. The summed E-state index contributed by atoms with van der Waals surface area (Å²) in [4.78, 5) is 35.7. The van der Waals surface area contributed by atoms with Crippen LogP contribution in [0, 0.1) is 17.8 Å². The Morgan fingerprint density at radius 2 is 1.60 bits per heavy atom. The fourth-order valence-electron chi connectivity index (χ4n) is 4.72. The molecule has 0 radical (unpaired) electrons. The number of amides is 2. The van der Waals surface area contributed by atoms with E-state index in [0.717, 1.165) is 22.3 Å². The smallest absolute Gasteiger partial charge is 0.407 e. The maximum absolute atomic E-state index is 13.5. The molecule has 4 rings (SSSR count). The number of alkyl carbamates (subject to hydrolysis) is 1. The van der Waals surface area contributed by atoms with Gasteiger partial charge in [-0.2, -0.15) is 0 Å². The number of rotatable bonds is 9. The number of fused-ring (bicyclic) bond motifs is 3. The van der Waals surface area contributed by atoms with E-state index in [1.165, 1.54) is 0 Å². The molecule has 0 bridgehead atoms. The lowest BCUT2D eigenvalue weighted by Crippen LogP contribution is -2.43. The summed E-state index contributed by atoms with van der Waals surface area (Å²) in [6.45, 7) is 3.33. The number of carbonyl (C=O) groups is 3. The number of halogens is 2. The molecule has 0 heterocycles. The van der Waals surface area contributed by atoms with Gasteiger partial charge in [-0.1, -0.05) is 62.4 Å². The molecule has 2 aliphatic carbocycles. The number of hydrogen-bond acceptors (Lipinski definition) is 4. The van der Waals surface area contributed by atoms with Gasteiger partial charge in [-0.3, -0.25) is 9.59 Å². The van der Waals surface area contributed by atoms with Gasteiger partial charge in [0.25, 0.3) is 5.92 Å². The van der Waals surface area contributed by atoms with E-state index in [0.29, 0.717) is 0 Å². The van der Waals surface area contributed by atoms with Crippen molar-refractivity contribution in [1.82, 2.24) is 10.6 Å². The molecule has 0 aliphatic heterocycles. The standard InChI is InChI=1S/C26H28F2N2O5/c1-14(2)21(11-22(31)29-12-20-23(24(32)33)26(20,27)28)30-25(34)35-13-19-17-9-5-3-7-15(17)16-8-4-6-10-18(16)19/h3-10,14,19-21,23H,11-13H2,1-2H3,(H,29,31)(H,30,34)(H,32,33)/t20?,21-,23?/m0/s1. The topological polar surface area (TPSA) is 105 Å². The van der Waals surface area contributed by atoms with Crippen LogP contribution in [0.3, 0.4) is 0 Å². The summed E-state index contributed by atoms with van der Waals surface area (Å²) in [5.74, 6) is -8.87. The van der Waals surface area contributed by atoms with Crippen LogP contribution in [0.25, 0.3) is 11.1 Å². The third-order valence-electron chi connectivity index (χ3n) is 6.84. The van der Waals surface area contributed by atoms with Gasteiger partial charge in [-0.15, -0.1) is 0 Å². The minimum atomic E-state index is -3.32. The summed E-state index contributed by atoms with van der Waals surface area (Å²) in [7, 11) is 0. The average molecular weight is 487 g/mol. The molecule has 9 heteroatoms. The summed E-state index contributed by atoms with van der Waals surface area (Å²) < 4.78 is 32.6. The molecule has 0 saturated heterocycles. The van der Waals surface area contributed by atoms with Gasteiger partial charge in [-0.05, 0) is 28.2 Å². The first kappa shape index (κ1) is 24.6. The zero-order chi connectivity index (χ0) is 25.3. The van der Waals surface area contributed by atoms with Gasteiger partial charge in [-0.25, -0.2) is 13.6 Å². The van der Waals surface area contributed by atoms with Crippen molar-refractivity contribution in [2.75, 3.05) is 13.2 Å². The number of alkyl halides is 2. The Labute approximate surface area is 201 Å². The van der Waals surface area contributed by atoms with Gasteiger partial charge in [0.05, 0.1) is 5.92 Å². The van der Waals surface area contributed by atoms with Crippen molar-refractivity contribution in [3.63, 3.8) is 0 Å². The Balaban J connectivity index is 1.30.